The molecule has 2 heterocycles. The fourth-order valence-electron chi connectivity index (χ4n) is 2.33. The molecule has 0 fully saturated rings. The highest BCUT2D eigenvalue weighted by Crippen LogP contribution is 2.23. The van der Waals surface area contributed by atoms with E-state index < -0.39 is 23.7 Å². The van der Waals surface area contributed by atoms with Gasteiger partial charge in [-0.15, -0.1) is 0 Å². The molecule has 0 spiro atoms. The average Bonchev–Trinajstić information content (AvgIpc) is 3.37. The smallest absolute Gasteiger partial charge is 0.259 e. The van der Waals surface area contributed by atoms with Crippen molar-refractivity contribution in [3.8, 4) is 23.4 Å². The molecule has 0 saturated heterocycles. The molecule has 0 aliphatic carbocycles. The lowest BCUT2D eigenvalue weighted by molar-refractivity contribution is -0.126. The lowest BCUT2D eigenvalue weighted by Crippen LogP contribution is -2.36. The summed E-state index contributed by atoms with van der Waals surface area (Å²) >= 11 is 0. The molecule has 136 valence electrons. The van der Waals surface area contributed by atoms with Crippen LogP contribution >= 0.6 is 0 Å². The van der Waals surface area contributed by atoms with Crippen molar-refractivity contribution >= 4 is 11.7 Å². The minimum absolute atomic E-state index is 0.313. The van der Waals surface area contributed by atoms with E-state index in [0.29, 0.717) is 17.4 Å². The topological polar surface area (TPSA) is 107 Å². The quantitative estimate of drug-likeness (QED) is 0.592. The van der Waals surface area contributed by atoms with Crippen LogP contribution < -0.4 is 9.47 Å². The van der Waals surface area contributed by atoms with Crippen LogP contribution in [0.15, 0.2) is 65.6 Å². The van der Waals surface area contributed by atoms with Gasteiger partial charge in [-0.1, -0.05) is 0 Å². The third-order valence-corrected chi connectivity index (χ3v) is 3.69. The van der Waals surface area contributed by atoms with Crippen molar-refractivity contribution in [1.82, 2.24) is 9.72 Å². The zero-order valence-electron chi connectivity index (χ0n) is 14.3. The van der Waals surface area contributed by atoms with Gasteiger partial charge in [0.25, 0.3) is 11.8 Å². The average molecular weight is 365 g/mol. The van der Waals surface area contributed by atoms with Gasteiger partial charge in [0.15, 0.2) is 17.8 Å². The van der Waals surface area contributed by atoms with Crippen LogP contribution in [0.3, 0.4) is 0 Å². The SMILES string of the molecule is CC(Oc1ccc(Oc2ccon2)cc1)C(=O)C(C#N)C(=O)n1cccc1. The van der Waals surface area contributed by atoms with E-state index >= 15 is 0 Å². The molecule has 8 heteroatoms. The zero-order valence-corrected chi connectivity index (χ0v) is 14.3. The number of nitrogens with zero attached hydrogens (tertiary/aromatic N) is 3. The molecule has 1 aromatic carbocycles. The lowest BCUT2D eigenvalue weighted by atomic mass is 10.0. The number of hydrogen-bond donors (Lipinski definition) is 0. The van der Waals surface area contributed by atoms with Crippen molar-refractivity contribution in [3.05, 3.63) is 61.1 Å². The summed E-state index contributed by atoms with van der Waals surface area (Å²) < 4.78 is 16.9. The molecule has 0 N–H and O–H groups in total. The van der Waals surface area contributed by atoms with Gasteiger partial charge in [-0.25, -0.2) is 0 Å². The first-order valence-electron chi connectivity index (χ1n) is 8.04. The summed E-state index contributed by atoms with van der Waals surface area (Å²) in [5, 5.41) is 12.9. The number of nitriles is 1. The number of ether oxygens (including phenoxy) is 2. The summed E-state index contributed by atoms with van der Waals surface area (Å²) in [6, 6.07) is 13.1. The Kier molecular flexibility index (Phi) is 5.33. The molecule has 2 aromatic heterocycles. The molecule has 0 saturated carbocycles. The van der Waals surface area contributed by atoms with Crippen molar-refractivity contribution in [2.45, 2.75) is 13.0 Å². The normalized spacial score (nSPS) is 12.6. The predicted molar refractivity (Wildman–Crippen MR) is 92.3 cm³/mol. The summed E-state index contributed by atoms with van der Waals surface area (Å²) in [4.78, 5) is 24.7. The van der Waals surface area contributed by atoms with Crippen LogP contribution in [0.1, 0.15) is 11.7 Å². The van der Waals surface area contributed by atoms with Gasteiger partial charge in [-0.3, -0.25) is 14.2 Å². The van der Waals surface area contributed by atoms with Gasteiger partial charge >= 0.3 is 0 Å². The lowest BCUT2D eigenvalue weighted by Gasteiger charge is -2.16. The highest BCUT2D eigenvalue weighted by atomic mass is 16.5. The van der Waals surface area contributed by atoms with Gasteiger partial charge in [0.1, 0.15) is 17.8 Å². The van der Waals surface area contributed by atoms with E-state index in [-0.39, 0.29) is 0 Å². The number of hydrogen-bond acceptors (Lipinski definition) is 7. The summed E-state index contributed by atoms with van der Waals surface area (Å²) in [7, 11) is 0. The Morgan fingerprint density at radius 1 is 1.15 bits per heavy atom. The summed E-state index contributed by atoms with van der Waals surface area (Å²) in [5.41, 5.74) is 0. The second-order valence-corrected chi connectivity index (χ2v) is 5.56. The number of carbonyl (C=O) groups excluding carboxylic acids is 2. The Hall–Kier alpha value is -3.86. The Bertz CT molecular complexity index is 940. The van der Waals surface area contributed by atoms with E-state index in [1.807, 2.05) is 0 Å². The molecule has 27 heavy (non-hydrogen) atoms. The maximum absolute atomic E-state index is 12.5. The van der Waals surface area contributed by atoms with Crippen molar-refractivity contribution in [1.29, 1.82) is 5.26 Å². The van der Waals surface area contributed by atoms with Crippen LogP contribution in [0, 0.1) is 17.2 Å². The van der Waals surface area contributed by atoms with Gasteiger partial charge in [0.05, 0.1) is 6.07 Å². The Labute approximate surface area is 154 Å². The minimum atomic E-state index is -1.44. The number of ketones is 1. The van der Waals surface area contributed by atoms with E-state index in [9.17, 15) is 14.9 Å². The molecule has 0 amide bonds. The molecular weight excluding hydrogens is 350 g/mol. The molecule has 3 rings (SSSR count). The van der Waals surface area contributed by atoms with Crippen molar-refractivity contribution in [2.75, 3.05) is 0 Å². The number of carbonyl (C=O) groups is 2. The van der Waals surface area contributed by atoms with Crippen LogP contribution in [0.5, 0.6) is 17.4 Å². The molecule has 0 aliphatic heterocycles. The molecule has 0 radical (unpaired) electrons. The molecule has 8 nitrogen and oxygen atoms in total. The van der Waals surface area contributed by atoms with Crippen LogP contribution in [-0.4, -0.2) is 27.5 Å². The third kappa shape index (κ3) is 4.22. The summed E-state index contributed by atoms with van der Waals surface area (Å²) in [6.45, 7) is 1.50. The minimum Gasteiger partial charge on any atom is -0.483 e. The third-order valence-electron chi connectivity index (χ3n) is 3.69. The van der Waals surface area contributed by atoms with Gasteiger partial charge < -0.3 is 14.0 Å². The summed E-state index contributed by atoms with van der Waals surface area (Å²) in [5.74, 6) is -1.45. The summed E-state index contributed by atoms with van der Waals surface area (Å²) in [6.07, 6.45) is 3.38. The maximum atomic E-state index is 12.5. The Balaban J connectivity index is 1.63. The monoisotopic (exact) mass is 365 g/mol. The first-order valence-corrected chi connectivity index (χ1v) is 8.04. The Morgan fingerprint density at radius 3 is 2.41 bits per heavy atom. The van der Waals surface area contributed by atoms with E-state index in [2.05, 4.69) is 9.68 Å². The molecule has 0 aliphatic rings. The van der Waals surface area contributed by atoms with E-state index in [4.69, 9.17) is 9.47 Å². The Morgan fingerprint density at radius 2 is 1.81 bits per heavy atom. The number of benzene rings is 1. The van der Waals surface area contributed by atoms with Crippen LogP contribution in [0.2, 0.25) is 0 Å². The van der Waals surface area contributed by atoms with E-state index in [1.165, 1.54) is 30.1 Å². The molecule has 3 aromatic rings. The predicted octanol–water partition coefficient (Wildman–Crippen LogP) is 3.08. The number of aromatic nitrogens is 2. The standard InChI is InChI=1S/C19H15N3O5/c1-13(18(23)16(12-20)19(24)22-9-2-3-10-22)26-14-4-6-15(7-5-14)27-17-8-11-25-21-17/h2-11,13,16H,1H3. The zero-order chi connectivity index (χ0) is 19.2. The van der Waals surface area contributed by atoms with Crippen molar-refractivity contribution in [2.24, 2.45) is 5.92 Å². The van der Waals surface area contributed by atoms with Gasteiger partial charge in [-0.2, -0.15) is 5.26 Å². The number of rotatable bonds is 7. The van der Waals surface area contributed by atoms with Crippen LogP contribution in [0.25, 0.3) is 0 Å². The maximum Gasteiger partial charge on any atom is 0.259 e. The fraction of sp³-hybridized carbons (Fsp3) is 0.158. The van der Waals surface area contributed by atoms with Crippen LogP contribution in [-0.2, 0) is 4.79 Å². The first kappa shape index (κ1) is 17.9. The second kappa shape index (κ2) is 8.01. The molecule has 2 atom stereocenters. The van der Waals surface area contributed by atoms with Gasteiger partial charge in [0.2, 0.25) is 0 Å². The first-order chi connectivity index (χ1) is 13.1. The largest absolute Gasteiger partial charge is 0.483 e. The number of Topliss-reactive ketones (excluding diaryl/α,β-unsaturated/α-hetero) is 1. The second-order valence-electron chi connectivity index (χ2n) is 5.56. The van der Waals surface area contributed by atoms with Crippen molar-refractivity contribution in [3.63, 3.8) is 0 Å². The molecular formula is C19H15N3O5. The molecule has 2 unspecified atom stereocenters. The highest BCUT2D eigenvalue weighted by Gasteiger charge is 2.32. The highest BCUT2D eigenvalue weighted by molar-refractivity contribution is 6.06. The van der Waals surface area contributed by atoms with Crippen LogP contribution in [0.4, 0.5) is 0 Å². The fourth-order valence-corrected chi connectivity index (χ4v) is 2.33. The molecule has 0 bridgehead atoms. The van der Waals surface area contributed by atoms with Gasteiger partial charge in [0, 0.05) is 18.5 Å². The van der Waals surface area contributed by atoms with Gasteiger partial charge in [-0.05, 0) is 48.5 Å². The van der Waals surface area contributed by atoms with Crippen molar-refractivity contribution < 1.29 is 23.6 Å². The van der Waals surface area contributed by atoms with E-state index in [1.54, 1.807) is 48.5 Å². The van der Waals surface area contributed by atoms with E-state index in [0.717, 1.165) is 0 Å².